The maximum absolute atomic E-state index is 14.0. The number of hydrogen-bond acceptors (Lipinski definition) is 3. The van der Waals surface area contributed by atoms with E-state index >= 15 is 0 Å². The van der Waals surface area contributed by atoms with Gasteiger partial charge in [-0.3, -0.25) is 9.67 Å². The third kappa shape index (κ3) is 2.51. The molecule has 0 spiro atoms. The highest BCUT2D eigenvalue weighted by Crippen LogP contribution is 2.28. The summed E-state index contributed by atoms with van der Waals surface area (Å²) in [4.78, 5) is 3.81. The van der Waals surface area contributed by atoms with Crippen molar-refractivity contribution in [3.63, 3.8) is 0 Å². The summed E-state index contributed by atoms with van der Waals surface area (Å²) in [5, 5.41) is 7.74. The number of hydrogen-bond donors (Lipinski definition) is 1. The molecule has 0 saturated heterocycles. The minimum Gasteiger partial charge on any atom is -0.306 e. The summed E-state index contributed by atoms with van der Waals surface area (Å²) in [6, 6.07) is 1.52. The predicted octanol–water partition coefficient (Wildman–Crippen LogP) is 2.27. The van der Waals surface area contributed by atoms with E-state index in [0.717, 1.165) is 23.5 Å². The fourth-order valence-corrected chi connectivity index (χ4v) is 2.40. The van der Waals surface area contributed by atoms with Gasteiger partial charge in [0.25, 0.3) is 0 Å². The Labute approximate surface area is 112 Å². The smallest absolute Gasteiger partial charge is 0.146 e. The van der Waals surface area contributed by atoms with Gasteiger partial charge in [-0.15, -0.1) is 0 Å². The second-order valence-corrected chi connectivity index (χ2v) is 4.60. The minimum atomic E-state index is -0.295. The summed E-state index contributed by atoms with van der Waals surface area (Å²) >= 11 is 0. The SMILES string of the molecule is CCNC(c1ccncc1F)c1c(C)nn(C)c1C. The molecule has 102 valence electrons. The number of aromatic nitrogens is 3. The summed E-state index contributed by atoms with van der Waals surface area (Å²) in [5.41, 5.74) is 3.60. The van der Waals surface area contributed by atoms with Crippen molar-refractivity contribution in [1.82, 2.24) is 20.1 Å². The molecule has 0 bridgehead atoms. The van der Waals surface area contributed by atoms with Crippen LogP contribution >= 0.6 is 0 Å². The Morgan fingerprint density at radius 1 is 1.42 bits per heavy atom. The zero-order chi connectivity index (χ0) is 14.0. The van der Waals surface area contributed by atoms with Crippen molar-refractivity contribution in [2.45, 2.75) is 26.8 Å². The van der Waals surface area contributed by atoms with Crippen molar-refractivity contribution in [2.24, 2.45) is 7.05 Å². The van der Waals surface area contributed by atoms with E-state index in [1.807, 2.05) is 32.5 Å². The average molecular weight is 262 g/mol. The maximum atomic E-state index is 14.0. The molecule has 0 aliphatic carbocycles. The first-order valence-corrected chi connectivity index (χ1v) is 6.39. The number of aryl methyl sites for hydroxylation is 2. The van der Waals surface area contributed by atoms with Gasteiger partial charge >= 0.3 is 0 Å². The predicted molar refractivity (Wildman–Crippen MR) is 72.4 cm³/mol. The standard InChI is InChI=1S/C14H19FN4/c1-5-17-14(11-6-7-16-8-12(11)15)13-9(2)18-19(4)10(13)3/h6-8,14,17H,5H2,1-4H3. The molecule has 0 aliphatic heterocycles. The van der Waals surface area contributed by atoms with Crippen LogP contribution in [0.25, 0.3) is 0 Å². The Bertz CT molecular complexity index is 577. The zero-order valence-electron chi connectivity index (χ0n) is 11.7. The molecule has 0 saturated carbocycles. The number of nitrogens with one attached hydrogen (secondary N) is 1. The number of rotatable bonds is 4. The molecule has 0 aromatic carbocycles. The van der Waals surface area contributed by atoms with Crippen LogP contribution < -0.4 is 5.32 Å². The Morgan fingerprint density at radius 3 is 2.68 bits per heavy atom. The second kappa shape index (κ2) is 5.48. The third-order valence-corrected chi connectivity index (χ3v) is 3.38. The average Bonchev–Trinajstić information content (AvgIpc) is 2.62. The Balaban J connectivity index is 2.55. The van der Waals surface area contributed by atoms with Crippen molar-refractivity contribution >= 4 is 0 Å². The molecule has 1 atom stereocenters. The maximum Gasteiger partial charge on any atom is 0.146 e. The van der Waals surface area contributed by atoms with Crippen molar-refractivity contribution in [3.8, 4) is 0 Å². The van der Waals surface area contributed by atoms with Gasteiger partial charge in [-0.2, -0.15) is 5.10 Å². The van der Waals surface area contributed by atoms with E-state index < -0.39 is 0 Å². The summed E-state index contributed by atoms with van der Waals surface area (Å²) in [6.45, 7) is 6.71. The molecule has 1 N–H and O–H groups in total. The van der Waals surface area contributed by atoms with Gasteiger partial charge in [0.05, 0.1) is 17.9 Å². The van der Waals surface area contributed by atoms with E-state index in [1.165, 1.54) is 6.20 Å². The van der Waals surface area contributed by atoms with E-state index in [-0.39, 0.29) is 11.9 Å². The van der Waals surface area contributed by atoms with Crippen LogP contribution in [0, 0.1) is 19.7 Å². The lowest BCUT2D eigenvalue weighted by molar-refractivity contribution is 0.552. The van der Waals surface area contributed by atoms with Gasteiger partial charge in [0.1, 0.15) is 5.82 Å². The molecular weight excluding hydrogens is 243 g/mol. The first kappa shape index (κ1) is 13.7. The van der Waals surface area contributed by atoms with Gasteiger partial charge < -0.3 is 5.32 Å². The van der Waals surface area contributed by atoms with Crippen LogP contribution in [0.4, 0.5) is 4.39 Å². The molecule has 4 nitrogen and oxygen atoms in total. The molecular formula is C14H19FN4. The highest BCUT2D eigenvalue weighted by Gasteiger charge is 2.23. The molecule has 0 fully saturated rings. The molecule has 5 heteroatoms. The molecule has 0 radical (unpaired) electrons. The van der Waals surface area contributed by atoms with Crippen molar-refractivity contribution in [3.05, 3.63) is 46.8 Å². The first-order chi connectivity index (χ1) is 9.06. The first-order valence-electron chi connectivity index (χ1n) is 6.39. The van der Waals surface area contributed by atoms with Gasteiger partial charge in [-0.1, -0.05) is 6.92 Å². The van der Waals surface area contributed by atoms with E-state index in [0.29, 0.717) is 5.56 Å². The molecule has 0 amide bonds. The van der Waals surface area contributed by atoms with Crippen molar-refractivity contribution in [2.75, 3.05) is 6.54 Å². The van der Waals surface area contributed by atoms with Crippen molar-refractivity contribution in [1.29, 1.82) is 0 Å². The number of pyridine rings is 1. The molecule has 2 heterocycles. The highest BCUT2D eigenvalue weighted by molar-refractivity contribution is 5.36. The fourth-order valence-electron chi connectivity index (χ4n) is 2.40. The van der Waals surface area contributed by atoms with E-state index in [4.69, 9.17) is 0 Å². The normalized spacial score (nSPS) is 12.7. The molecule has 1 unspecified atom stereocenters. The lowest BCUT2D eigenvalue weighted by Gasteiger charge is -2.19. The molecule has 2 aromatic heterocycles. The summed E-state index contributed by atoms with van der Waals surface area (Å²) < 4.78 is 15.8. The van der Waals surface area contributed by atoms with Crippen LogP contribution in [0.3, 0.4) is 0 Å². The summed E-state index contributed by atoms with van der Waals surface area (Å²) in [5.74, 6) is -0.295. The monoisotopic (exact) mass is 262 g/mol. The minimum absolute atomic E-state index is 0.193. The number of halogens is 1. The summed E-state index contributed by atoms with van der Waals surface area (Å²) in [6.07, 6.45) is 2.87. The van der Waals surface area contributed by atoms with Gasteiger partial charge in [0, 0.05) is 30.1 Å². The Morgan fingerprint density at radius 2 is 2.16 bits per heavy atom. The van der Waals surface area contributed by atoms with E-state index in [2.05, 4.69) is 15.4 Å². The van der Waals surface area contributed by atoms with Gasteiger partial charge in [0.2, 0.25) is 0 Å². The van der Waals surface area contributed by atoms with Crippen LogP contribution in [-0.2, 0) is 7.05 Å². The highest BCUT2D eigenvalue weighted by atomic mass is 19.1. The quantitative estimate of drug-likeness (QED) is 0.919. The third-order valence-electron chi connectivity index (χ3n) is 3.38. The molecule has 2 rings (SSSR count). The molecule has 19 heavy (non-hydrogen) atoms. The van der Waals surface area contributed by atoms with E-state index in [9.17, 15) is 4.39 Å². The zero-order valence-corrected chi connectivity index (χ0v) is 11.7. The largest absolute Gasteiger partial charge is 0.306 e. The number of nitrogens with zero attached hydrogens (tertiary/aromatic N) is 3. The second-order valence-electron chi connectivity index (χ2n) is 4.60. The Hall–Kier alpha value is -1.75. The molecule has 2 aromatic rings. The summed E-state index contributed by atoms with van der Waals surface area (Å²) in [7, 11) is 1.90. The van der Waals surface area contributed by atoms with Crippen LogP contribution in [0.1, 0.15) is 35.5 Å². The van der Waals surface area contributed by atoms with Crippen LogP contribution in [0.15, 0.2) is 18.5 Å². The van der Waals surface area contributed by atoms with E-state index in [1.54, 1.807) is 12.3 Å². The topological polar surface area (TPSA) is 42.7 Å². The van der Waals surface area contributed by atoms with Gasteiger partial charge in [-0.25, -0.2) is 4.39 Å². The Kier molecular flexibility index (Phi) is 3.95. The van der Waals surface area contributed by atoms with Crippen LogP contribution in [-0.4, -0.2) is 21.3 Å². The van der Waals surface area contributed by atoms with Crippen LogP contribution in [0.2, 0.25) is 0 Å². The fraction of sp³-hybridized carbons (Fsp3) is 0.429. The van der Waals surface area contributed by atoms with Crippen LogP contribution in [0.5, 0.6) is 0 Å². The lowest BCUT2D eigenvalue weighted by atomic mass is 9.97. The molecule has 0 aliphatic rings. The lowest BCUT2D eigenvalue weighted by Crippen LogP contribution is -2.24. The van der Waals surface area contributed by atoms with Gasteiger partial charge in [-0.05, 0) is 26.5 Å². The van der Waals surface area contributed by atoms with Crippen molar-refractivity contribution < 1.29 is 4.39 Å². The van der Waals surface area contributed by atoms with Gasteiger partial charge in [0.15, 0.2) is 0 Å².